The molecule has 0 unspecified atom stereocenters. The molecule has 0 saturated heterocycles. The number of aromatic hydroxyl groups is 1. The first-order chi connectivity index (χ1) is 6.18. The van der Waals surface area contributed by atoms with Crippen molar-refractivity contribution in [3.8, 4) is 5.75 Å². The van der Waals surface area contributed by atoms with Gasteiger partial charge in [0.1, 0.15) is 11.8 Å². The number of hydrogen-bond acceptors (Lipinski definition) is 3. The van der Waals surface area contributed by atoms with E-state index in [0.29, 0.717) is 11.0 Å². The Morgan fingerprint density at radius 1 is 1.38 bits per heavy atom. The molecule has 0 radical (unpaired) electrons. The van der Waals surface area contributed by atoms with E-state index >= 15 is 0 Å². The van der Waals surface area contributed by atoms with E-state index in [-0.39, 0.29) is 11.2 Å². The number of rotatable bonds is 0. The van der Waals surface area contributed by atoms with Crippen LogP contribution in [-0.2, 0) is 0 Å². The second-order valence-electron chi connectivity index (χ2n) is 2.95. The van der Waals surface area contributed by atoms with E-state index in [9.17, 15) is 4.79 Å². The third kappa shape index (κ3) is 1.18. The lowest BCUT2D eigenvalue weighted by atomic mass is 10.1. The summed E-state index contributed by atoms with van der Waals surface area (Å²) in [5.41, 5.74) is 1.07. The Balaban J connectivity index is 2.97. The zero-order chi connectivity index (χ0) is 9.42. The monoisotopic (exact) mass is 176 g/mol. The lowest BCUT2D eigenvalue weighted by molar-refractivity contribution is 0.442. The van der Waals surface area contributed by atoms with Crippen molar-refractivity contribution in [2.45, 2.75) is 6.92 Å². The third-order valence-electron chi connectivity index (χ3n) is 1.91. The molecule has 0 saturated carbocycles. The summed E-state index contributed by atoms with van der Waals surface area (Å²) in [4.78, 5) is 11.4. The Labute approximate surface area is 74.2 Å². The Kier molecular flexibility index (Phi) is 1.59. The van der Waals surface area contributed by atoms with E-state index in [1.165, 1.54) is 0 Å². The minimum absolute atomic E-state index is 0.349. The average molecular weight is 176 g/mol. The molecule has 2 aromatic rings. The molecule has 0 amide bonds. The molecule has 1 N–H and O–H groups in total. The van der Waals surface area contributed by atoms with E-state index in [4.69, 9.17) is 9.52 Å². The van der Waals surface area contributed by atoms with Gasteiger partial charge in [0, 0.05) is 0 Å². The van der Waals surface area contributed by atoms with Gasteiger partial charge in [0.25, 0.3) is 0 Å². The molecule has 13 heavy (non-hydrogen) atoms. The summed E-state index contributed by atoms with van der Waals surface area (Å²) in [5, 5.41) is 9.52. The maximum absolute atomic E-state index is 11.4. The van der Waals surface area contributed by atoms with Crippen molar-refractivity contribution in [1.82, 2.24) is 0 Å². The standard InChI is InChI=1S/C10H8O3/c1-6-2-3-9-7(4-6)10(12)8(11)5-13-9/h2-5,11H,1H3. The second-order valence-corrected chi connectivity index (χ2v) is 2.95. The largest absolute Gasteiger partial charge is 0.502 e. The lowest BCUT2D eigenvalue weighted by Crippen LogP contribution is -1.99. The molecular weight excluding hydrogens is 168 g/mol. The van der Waals surface area contributed by atoms with Crippen molar-refractivity contribution in [3.05, 3.63) is 40.2 Å². The zero-order valence-corrected chi connectivity index (χ0v) is 7.07. The summed E-state index contributed by atoms with van der Waals surface area (Å²) in [5.74, 6) is -0.349. The number of hydrogen-bond donors (Lipinski definition) is 1. The van der Waals surface area contributed by atoms with E-state index < -0.39 is 0 Å². The second kappa shape index (κ2) is 2.62. The first kappa shape index (κ1) is 7.86. The van der Waals surface area contributed by atoms with Crippen LogP contribution in [0.1, 0.15) is 5.56 Å². The van der Waals surface area contributed by atoms with Gasteiger partial charge in [-0.1, -0.05) is 11.6 Å². The van der Waals surface area contributed by atoms with Gasteiger partial charge in [-0.3, -0.25) is 4.79 Å². The van der Waals surface area contributed by atoms with Crippen LogP contribution in [-0.4, -0.2) is 5.11 Å². The molecule has 1 aromatic heterocycles. The van der Waals surface area contributed by atoms with Crippen LogP contribution in [0.15, 0.2) is 33.7 Å². The van der Waals surface area contributed by atoms with Crippen LogP contribution in [0, 0.1) is 6.92 Å². The van der Waals surface area contributed by atoms with Crippen LogP contribution >= 0.6 is 0 Å². The van der Waals surface area contributed by atoms with Gasteiger partial charge in [-0.05, 0) is 19.1 Å². The van der Waals surface area contributed by atoms with Crippen molar-refractivity contribution in [2.75, 3.05) is 0 Å². The molecule has 66 valence electrons. The molecule has 0 spiro atoms. The summed E-state index contributed by atoms with van der Waals surface area (Å²) < 4.78 is 5.03. The molecule has 0 fully saturated rings. The molecule has 0 aliphatic heterocycles. The van der Waals surface area contributed by atoms with E-state index in [0.717, 1.165) is 11.8 Å². The van der Waals surface area contributed by atoms with Crippen molar-refractivity contribution in [1.29, 1.82) is 0 Å². The Hall–Kier alpha value is -1.77. The van der Waals surface area contributed by atoms with Gasteiger partial charge in [0.2, 0.25) is 5.43 Å². The van der Waals surface area contributed by atoms with Gasteiger partial charge >= 0.3 is 0 Å². The molecule has 0 aliphatic rings. The highest BCUT2D eigenvalue weighted by Crippen LogP contribution is 2.15. The van der Waals surface area contributed by atoms with Gasteiger partial charge in [-0.25, -0.2) is 0 Å². The molecule has 1 heterocycles. The van der Waals surface area contributed by atoms with Crippen LogP contribution in [0.5, 0.6) is 5.75 Å². The van der Waals surface area contributed by atoms with Crippen LogP contribution in [0.4, 0.5) is 0 Å². The fourth-order valence-corrected chi connectivity index (χ4v) is 1.23. The highest BCUT2D eigenvalue weighted by atomic mass is 16.3. The molecule has 0 atom stereocenters. The highest BCUT2D eigenvalue weighted by molar-refractivity contribution is 5.78. The van der Waals surface area contributed by atoms with Crippen LogP contribution in [0.2, 0.25) is 0 Å². The van der Waals surface area contributed by atoms with Crippen molar-refractivity contribution < 1.29 is 9.52 Å². The first-order valence-electron chi connectivity index (χ1n) is 3.89. The smallest absolute Gasteiger partial charge is 0.234 e. The van der Waals surface area contributed by atoms with Crippen LogP contribution in [0.3, 0.4) is 0 Å². The highest BCUT2D eigenvalue weighted by Gasteiger charge is 2.04. The lowest BCUT2D eigenvalue weighted by Gasteiger charge is -1.97. The van der Waals surface area contributed by atoms with E-state index in [1.807, 2.05) is 13.0 Å². The van der Waals surface area contributed by atoms with Crippen LogP contribution < -0.4 is 5.43 Å². The topological polar surface area (TPSA) is 50.4 Å². The third-order valence-corrected chi connectivity index (χ3v) is 1.91. The normalized spacial score (nSPS) is 10.5. The van der Waals surface area contributed by atoms with Crippen molar-refractivity contribution in [2.24, 2.45) is 0 Å². The summed E-state index contributed by atoms with van der Waals surface area (Å²) in [6.45, 7) is 1.88. The fraction of sp³-hybridized carbons (Fsp3) is 0.100. The maximum Gasteiger partial charge on any atom is 0.234 e. The molecule has 0 aliphatic carbocycles. The quantitative estimate of drug-likeness (QED) is 0.665. The number of aryl methyl sites for hydroxylation is 1. The van der Waals surface area contributed by atoms with Gasteiger partial charge < -0.3 is 9.52 Å². The summed E-state index contributed by atoms with van der Waals surface area (Å²) in [6.07, 6.45) is 1.06. The summed E-state index contributed by atoms with van der Waals surface area (Å²) in [6, 6.07) is 5.26. The molecule has 3 nitrogen and oxygen atoms in total. The Bertz CT molecular complexity index is 506. The maximum atomic E-state index is 11.4. The van der Waals surface area contributed by atoms with Crippen LogP contribution in [0.25, 0.3) is 11.0 Å². The molecule has 1 aromatic carbocycles. The SMILES string of the molecule is Cc1ccc2occ(O)c(=O)c2c1. The summed E-state index contributed by atoms with van der Waals surface area (Å²) in [7, 11) is 0. The molecule has 2 rings (SSSR count). The van der Waals surface area contributed by atoms with Gasteiger partial charge in [-0.15, -0.1) is 0 Å². The molecule has 3 heteroatoms. The van der Waals surface area contributed by atoms with Crippen molar-refractivity contribution >= 4 is 11.0 Å². The van der Waals surface area contributed by atoms with Gasteiger partial charge in [-0.2, -0.15) is 0 Å². The number of fused-ring (bicyclic) bond motifs is 1. The zero-order valence-electron chi connectivity index (χ0n) is 7.07. The fourth-order valence-electron chi connectivity index (χ4n) is 1.23. The molecular formula is C10H8O3. The van der Waals surface area contributed by atoms with Crippen molar-refractivity contribution in [3.63, 3.8) is 0 Å². The van der Waals surface area contributed by atoms with Gasteiger partial charge in [0.15, 0.2) is 5.75 Å². The van der Waals surface area contributed by atoms with E-state index in [2.05, 4.69) is 0 Å². The summed E-state index contributed by atoms with van der Waals surface area (Å²) >= 11 is 0. The minimum atomic E-state index is -0.384. The number of benzene rings is 1. The Morgan fingerprint density at radius 2 is 2.15 bits per heavy atom. The average Bonchev–Trinajstić information content (AvgIpc) is 2.12. The predicted molar refractivity (Wildman–Crippen MR) is 48.9 cm³/mol. The minimum Gasteiger partial charge on any atom is -0.502 e. The van der Waals surface area contributed by atoms with E-state index in [1.54, 1.807) is 12.1 Å². The van der Waals surface area contributed by atoms with Gasteiger partial charge in [0.05, 0.1) is 5.39 Å². The molecule has 0 bridgehead atoms. The Morgan fingerprint density at radius 3 is 2.92 bits per heavy atom. The predicted octanol–water partition coefficient (Wildman–Crippen LogP) is 1.81. The first-order valence-corrected chi connectivity index (χ1v) is 3.89.